The number of nitrogens with zero attached hydrogens (tertiary/aromatic N) is 5. The van der Waals surface area contributed by atoms with E-state index in [4.69, 9.17) is 11.0 Å². The van der Waals surface area contributed by atoms with Crippen molar-refractivity contribution in [2.24, 2.45) is 11.7 Å². The number of hydrogen-bond acceptors (Lipinski definition) is 6. The maximum absolute atomic E-state index is 8.78. The lowest BCUT2D eigenvalue weighted by atomic mass is 9.95. The van der Waals surface area contributed by atoms with E-state index in [0.717, 1.165) is 19.5 Å². The van der Waals surface area contributed by atoms with Crippen LogP contribution in [0.1, 0.15) is 18.9 Å². The summed E-state index contributed by atoms with van der Waals surface area (Å²) in [5, 5.41) is 15.9. The Bertz CT molecular complexity index is 655. The molecule has 0 spiro atoms. The lowest BCUT2D eigenvalue weighted by molar-refractivity contribution is 0.376. The van der Waals surface area contributed by atoms with Crippen LogP contribution in [0.4, 0.5) is 5.95 Å². The van der Waals surface area contributed by atoms with E-state index in [1.807, 2.05) is 6.07 Å². The van der Waals surface area contributed by atoms with Crippen molar-refractivity contribution in [3.05, 3.63) is 23.9 Å². The topological polar surface area (TPSA) is 108 Å². The lowest BCUT2D eigenvalue weighted by Crippen LogP contribution is -2.48. The van der Waals surface area contributed by atoms with E-state index in [1.54, 1.807) is 12.1 Å². The zero-order chi connectivity index (χ0) is 14.8. The molecule has 0 aromatic carbocycles. The third-order valence-electron chi connectivity index (χ3n) is 3.91. The Morgan fingerprint density at radius 1 is 1.48 bits per heavy atom. The first kappa shape index (κ1) is 13.5. The molecule has 2 unspecified atom stereocenters. The van der Waals surface area contributed by atoms with Crippen LogP contribution in [0.5, 0.6) is 0 Å². The summed E-state index contributed by atoms with van der Waals surface area (Å²) < 4.78 is 0. The van der Waals surface area contributed by atoms with Crippen molar-refractivity contribution in [2.45, 2.75) is 19.4 Å². The van der Waals surface area contributed by atoms with E-state index < -0.39 is 0 Å². The Balaban J connectivity index is 1.78. The molecule has 0 amide bonds. The number of pyridine rings is 1. The first-order chi connectivity index (χ1) is 10.2. The highest BCUT2D eigenvalue weighted by Gasteiger charge is 2.25. The van der Waals surface area contributed by atoms with Gasteiger partial charge in [-0.15, -0.1) is 5.10 Å². The van der Waals surface area contributed by atoms with Gasteiger partial charge in [0.25, 0.3) is 0 Å². The third kappa shape index (κ3) is 2.71. The summed E-state index contributed by atoms with van der Waals surface area (Å²) in [5.41, 5.74) is 7.30. The van der Waals surface area contributed by atoms with Crippen molar-refractivity contribution in [1.29, 1.82) is 5.26 Å². The van der Waals surface area contributed by atoms with Crippen LogP contribution in [-0.4, -0.2) is 39.3 Å². The summed E-state index contributed by atoms with van der Waals surface area (Å²) in [7, 11) is 0. The number of anilines is 1. The Hall–Kier alpha value is -2.46. The van der Waals surface area contributed by atoms with E-state index >= 15 is 0 Å². The zero-order valence-corrected chi connectivity index (χ0v) is 11.8. The molecule has 7 heteroatoms. The average Bonchev–Trinajstić information content (AvgIpc) is 3.00. The van der Waals surface area contributed by atoms with Gasteiger partial charge in [0.15, 0.2) is 5.82 Å². The van der Waals surface area contributed by atoms with E-state index in [9.17, 15) is 0 Å². The van der Waals surface area contributed by atoms with Crippen LogP contribution in [0, 0.1) is 17.2 Å². The molecule has 2 aromatic rings. The van der Waals surface area contributed by atoms with E-state index in [0.29, 0.717) is 28.9 Å². The fourth-order valence-corrected chi connectivity index (χ4v) is 2.39. The van der Waals surface area contributed by atoms with Crippen molar-refractivity contribution in [1.82, 2.24) is 20.2 Å². The normalized spacial score (nSPS) is 22.0. The molecule has 2 atom stereocenters. The first-order valence-electron chi connectivity index (χ1n) is 6.97. The van der Waals surface area contributed by atoms with Gasteiger partial charge in [-0.05, 0) is 24.5 Å². The number of nitrogens with two attached hydrogens (primary N) is 1. The molecule has 3 N–H and O–H groups in total. The van der Waals surface area contributed by atoms with Crippen LogP contribution >= 0.6 is 0 Å². The molecular formula is C14H17N7. The SMILES string of the molecule is CC1CCN(c2n[nH]c(-c3ccc(C#N)cn3)n2)CC1N. The highest BCUT2D eigenvalue weighted by atomic mass is 15.4. The monoisotopic (exact) mass is 283 g/mol. The molecule has 0 bridgehead atoms. The molecule has 0 aliphatic carbocycles. The smallest absolute Gasteiger partial charge is 0.245 e. The van der Waals surface area contributed by atoms with Crippen LogP contribution in [0.3, 0.4) is 0 Å². The van der Waals surface area contributed by atoms with Crippen molar-refractivity contribution < 1.29 is 0 Å². The molecule has 21 heavy (non-hydrogen) atoms. The minimum absolute atomic E-state index is 0.147. The second kappa shape index (κ2) is 5.50. The number of nitrogens with one attached hydrogen (secondary N) is 1. The van der Waals surface area contributed by atoms with Gasteiger partial charge in [0.2, 0.25) is 5.95 Å². The van der Waals surface area contributed by atoms with Gasteiger partial charge in [0.1, 0.15) is 11.8 Å². The Labute approximate surface area is 122 Å². The predicted molar refractivity (Wildman–Crippen MR) is 78.3 cm³/mol. The largest absolute Gasteiger partial charge is 0.338 e. The summed E-state index contributed by atoms with van der Waals surface area (Å²) in [6.45, 7) is 3.85. The molecule has 0 radical (unpaired) electrons. The zero-order valence-electron chi connectivity index (χ0n) is 11.8. The van der Waals surface area contributed by atoms with Crippen molar-refractivity contribution in [2.75, 3.05) is 18.0 Å². The molecule has 1 saturated heterocycles. The van der Waals surface area contributed by atoms with E-state index in [2.05, 4.69) is 32.0 Å². The number of rotatable bonds is 2. The number of H-pyrrole nitrogens is 1. The van der Waals surface area contributed by atoms with Gasteiger partial charge in [0.05, 0.1) is 5.56 Å². The van der Waals surface area contributed by atoms with Crippen molar-refractivity contribution in [3.8, 4) is 17.6 Å². The first-order valence-corrected chi connectivity index (χ1v) is 6.97. The molecule has 1 fully saturated rings. The summed E-state index contributed by atoms with van der Waals surface area (Å²) >= 11 is 0. The molecule has 0 saturated carbocycles. The second-order valence-corrected chi connectivity index (χ2v) is 5.40. The minimum atomic E-state index is 0.147. The maximum atomic E-state index is 8.78. The second-order valence-electron chi connectivity index (χ2n) is 5.40. The van der Waals surface area contributed by atoms with E-state index in [-0.39, 0.29) is 6.04 Å². The van der Waals surface area contributed by atoms with Crippen LogP contribution in [0.15, 0.2) is 18.3 Å². The van der Waals surface area contributed by atoms with Crippen LogP contribution in [0.25, 0.3) is 11.5 Å². The molecule has 7 nitrogen and oxygen atoms in total. The van der Waals surface area contributed by atoms with Crippen molar-refractivity contribution >= 4 is 5.95 Å². The van der Waals surface area contributed by atoms with Gasteiger partial charge in [-0.1, -0.05) is 6.92 Å². The average molecular weight is 283 g/mol. The lowest BCUT2D eigenvalue weighted by Gasteiger charge is -2.34. The predicted octanol–water partition coefficient (Wildman–Crippen LogP) is 0.912. The molecule has 3 heterocycles. The highest BCUT2D eigenvalue weighted by Crippen LogP contribution is 2.21. The molecular weight excluding hydrogens is 266 g/mol. The van der Waals surface area contributed by atoms with Gasteiger partial charge in [-0.25, -0.2) is 0 Å². The molecule has 2 aromatic heterocycles. The van der Waals surface area contributed by atoms with Gasteiger partial charge in [0, 0.05) is 25.3 Å². The van der Waals surface area contributed by atoms with Crippen LogP contribution in [0.2, 0.25) is 0 Å². The van der Waals surface area contributed by atoms with Gasteiger partial charge in [-0.3, -0.25) is 10.1 Å². The summed E-state index contributed by atoms with van der Waals surface area (Å²) in [4.78, 5) is 10.8. The fraction of sp³-hybridized carbons (Fsp3) is 0.429. The Morgan fingerprint density at radius 2 is 2.33 bits per heavy atom. The van der Waals surface area contributed by atoms with Gasteiger partial charge < -0.3 is 10.6 Å². The quantitative estimate of drug-likeness (QED) is 0.848. The summed E-state index contributed by atoms with van der Waals surface area (Å²) in [6.07, 6.45) is 2.57. The third-order valence-corrected chi connectivity index (χ3v) is 3.91. The standard InChI is InChI=1S/C14H17N7/c1-9-4-5-21(8-11(9)16)14-18-13(19-20-14)12-3-2-10(6-15)7-17-12/h2-3,7,9,11H,4-5,8,16H2,1H3,(H,18,19,20). The van der Waals surface area contributed by atoms with Gasteiger partial charge in [-0.2, -0.15) is 10.2 Å². The highest BCUT2D eigenvalue weighted by molar-refractivity contribution is 5.52. The van der Waals surface area contributed by atoms with Crippen LogP contribution < -0.4 is 10.6 Å². The number of hydrogen-bond donors (Lipinski definition) is 2. The molecule has 1 aliphatic heterocycles. The van der Waals surface area contributed by atoms with Crippen LogP contribution in [-0.2, 0) is 0 Å². The fourth-order valence-electron chi connectivity index (χ4n) is 2.39. The van der Waals surface area contributed by atoms with E-state index in [1.165, 1.54) is 6.20 Å². The Kier molecular flexibility index (Phi) is 3.54. The number of aromatic amines is 1. The summed E-state index contributed by atoms with van der Waals surface area (Å²) in [5.74, 6) is 1.78. The Morgan fingerprint density at radius 3 is 3.00 bits per heavy atom. The van der Waals surface area contributed by atoms with Crippen molar-refractivity contribution in [3.63, 3.8) is 0 Å². The molecule has 108 valence electrons. The maximum Gasteiger partial charge on any atom is 0.245 e. The summed E-state index contributed by atoms with van der Waals surface area (Å²) in [6, 6.07) is 5.66. The number of nitriles is 1. The molecule has 1 aliphatic rings. The minimum Gasteiger partial charge on any atom is -0.338 e. The number of aromatic nitrogens is 4. The van der Waals surface area contributed by atoms with Gasteiger partial charge >= 0.3 is 0 Å². The molecule has 3 rings (SSSR count). The number of piperidine rings is 1.